The van der Waals surface area contributed by atoms with Crippen molar-refractivity contribution < 1.29 is 19.0 Å². The Hall–Kier alpha value is -2.90. The molecule has 8 nitrogen and oxygen atoms in total. The SMILES string of the molecule is Cc1noc(C)c1COC(=O)c1cc([N+](=O)[O-])ccc1N. The van der Waals surface area contributed by atoms with Gasteiger partial charge in [-0.15, -0.1) is 0 Å². The van der Waals surface area contributed by atoms with Gasteiger partial charge in [-0.2, -0.15) is 0 Å². The van der Waals surface area contributed by atoms with E-state index in [9.17, 15) is 14.9 Å². The Morgan fingerprint density at radius 3 is 2.76 bits per heavy atom. The number of hydrogen-bond donors (Lipinski definition) is 1. The van der Waals surface area contributed by atoms with E-state index >= 15 is 0 Å². The molecule has 0 radical (unpaired) electrons. The zero-order valence-electron chi connectivity index (χ0n) is 11.5. The van der Waals surface area contributed by atoms with Crippen LogP contribution in [0.2, 0.25) is 0 Å². The standard InChI is InChI=1S/C13H13N3O5/c1-7-11(8(2)21-15-7)6-20-13(17)10-5-9(16(18)19)3-4-12(10)14/h3-5H,6,14H2,1-2H3. The molecule has 1 aromatic carbocycles. The second-order valence-corrected chi connectivity index (χ2v) is 4.41. The number of non-ortho nitro benzene ring substituents is 1. The zero-order chi connectivity index (χ0) is 15.6. The number of nitrogens with zero attached hydrogens (tertiary/aromatic N) is 2. The van der Waals surface area contributed by atoms with E-state index in [-0.39, 0.29) is 23.5 Å². The van der Waals surface area contributed by atoms with Crippen molar-refractivity contribution in [3.8, 4) is 0 Å². The highest BCUT2D eigenvalue weighted by atomic mass is 16.6. The van der Waals surface area contributed by atoms with Crippen LogP contribution < -0.4 is 5.73 Å². The maximum atomic E-state index is 12.0. The highest BCUT2D eigenvalue weighted by molar-refractivity contribution is 5.95. The third-order valence-corrected chi connectivity index (χ3v) is 3.00. The number of benzene rings is 1. The highest BCUT2D eigenvalue weighted by Gasteiger charge is 2.18. The number of nitro benzene ring substituents is 1. The van der Waals surface area contributed by atoms with Crippen LogP contribution in [0.3, 0.4) is 0 Å². The van der Waals surface area contributed by atoms with Gasteiger partial charge in [-0.25, -0.2) is 4.79 Å². The van der Waals surface area contributed by atoms with Crippen LogP contribution in [0, 0.1) is 24.0 Å². The van der Waals surface area contributed by atoms with Gasteiger partial charge in [0.2, 0.25) is 0 Å². The highest BCUT2D eigenvalue weighted by Crippen LogP contribution is 2.21. The number of nitro groups is 1. The number of nitrogen functional groups attached to an aromatic ring is 1. The molecule has 0 aliphatic carbocycles. The van der Waals surface area contributed by atoms with Crippen LogP contribution in [0.15, 0.2) is 22.7 Å². The Bertz CT molecular complexity index is 688. The van der Waals surface area contributed by atoms with E-state index < -0.39 is 10.9 Å². The zero-order valence-corrected chi connectivity index (χ0v) is 11.5. The van der Waals surface area contributed by atoms with E-state index in [1.165, 1.54) is 12.1 Å². The summed E-state index contributed by atoms with van der Waals surface area (Å²) >= 11 is 0. The molecule has 2 rings (SSSR count). The topological polar surface area (TPSA) is 121 Å². The molecule has 0 atom stereocenters. The molecule has 0 fully saturated rings. The summed E-state index contributed by atoms with van der Waals surface area (Å²) in [6.07, 6.45) is 0. The molecule has 0 amide bonds. The minimum absolute atomic E-state index is 0.0396. The van der Waals surface area contributed by atoms with Crippen molar-refractivity contribution in [2.45, 2.75) is 20.5 Å². The molecule has 0 unspecified atom stereocenters. The number of carbonyl (C=O) groups is 1. The first-order valence-corrected chi connectivity index (χ1v) is 6.03. The van der Waals surface area contributed by atoms with Crippen molar-refractivity contribution in [3.05, 3.63) is 50.9 Å². The molecule has 0 bridgehead atoms. The predicted molar refractivity (Wildman–Crippen MR) is 72.6 cm³/mol. The first-order valence-electron chi connectivity index (χ1n) is 6.03. The van der Waals surface area contributed by atoms with Crippen LogP contribution in [0.5, 0.6) is 0 Å². The molecule has 8 heteroatoms. The molecule has 21 heavy (non-hydrogen) atoms. The normalized spacial score (nSPS) is 10.4. The quantitative estimate of drug-likeness (QED) is 0.396. The van der Waals surface area contributed by atoms with Crippen LogP contribution >= 0.6 is 0 Å². The average molecular weight is 291 g/mol. The Balaban J connectivity index is 2.17. The molecule has 1 aromatic heterocycles. The summed E-state index contributed by atoms with van der Waals surface area (Å²) in [7, 11) is 0. The number of aryl methyl sites for hydroxylation is 2. The van der Waals surface area contributed by atoms with Gasteiger partial charge in [0, 0.05) is 17.8 Å². The Kier molecular flexibility index (Phi) is 3.88. The van der Waals surface area contributed by atoms with Crippen molar-refractivity contribution in [1.29, 1.82) is 0 Å². The van der Waals surface area contributed by atoms with Crippen LogP contribution in [-0.2, 0) is 11.3 Å². The average Bonchev–Trinajstić information content (AvgIpc) is 2.75. The second kappa shape index (κ2) is 5.61. The summed E-state index contributed by atoms with van der Waals surface area (Å²) in [4.78, 5) is 22.1. The van der Waals surface area contributed by atoms with Gasteiger partial charge in [0.15, 0.2) is 0 Å². The summed E-state index contributed by atoms with van der Waals surface area (Å²) in [6, 6.07) is 3.61. The fraction of sp³-hybridized carbons (Fsp3) is 0.231. The number of aromatic nitrogens is 1. The Morgan fingerprint density at radius 1 is 1.48 bits per heavy atom. The maximum Gasteiger partial charge on any atom is 0.340 e. The maximum absolute atomic E-state index is 12.0. The van der Waals surface area contributed by atoms with Gasteiger partial charge in [0.05, 0.1) is 21.7 Å². The number of hydrogen-bond acceptors (Lipinski definition) is 7. The molecule has 0 aliphatic heterocycles. The molecule has 2 aromatic rings. The number of carbonyl (C=O) groups excluding carboxylic acids is 1. The lowest BCUT2D eigenvalue weighted by atomic mass is 10.1. The molecule has 0 spiro atoms. The summed E-state index contributed by atoms with van der Waals surface area (Å²) in [5.74, 6) is -0.191. The lowest BCUT2D eigenvalue weighted by Crippen LogP contribution is -2.09. The Morgan fingerprint density at radius 2 is 2.19 bits per heavy atom. The van der Waals surface area contributed by atoms with Crippen LogP contribution in [0.25, 0.3) is 0 Å². The summed E-state index contributed by atoms with van der Waals surface area (Å²) < 4.78 is 10.1. The van der Waals surface area contributed by atoms with Gasteiger partial charge in [-0.1, -0.05) is 5.16 Å². The number of nitrogens with two attached hydrogens (primary N) is 1. The molecule has 0 saturated heterocycles. The van der Waals surface area contributed by atoms with Crippen molar-refractivity contribution in [2.24, 2.45) is 0 Å². The van der Waals surface area contributed by atoms with Gasteiger partial charge < -0.3 is 15.0 Å². The van der Waals surface area contributed by atoms with E-state index in [4.69, 9.17) is 15.0 Å². The number of anilines is 1. The number of rotatable bonds is 4. The van der Waals surface area contributed by atoms with Gasteiger partial charge in [0.25, 0.3) is 5.69 Å². The fourth-order valence-electron chi connectivity index (χ4n) is 1.76. The van der Waals surface area contributed by atoms with Gasteiger partial charge in [-0.05, 0) is 19.9 Å². The first-order chi connectivity index (χ1) is 9.90. The minimum Gasteiger partial charge on any atom is -0.457 e. The van der Waals surface area contributed by atoms with Crippen molar-refractivity contribution in [1.82, 2.24) is 5.16 Å². The molecule has 0 saturated carbocycles. The summed E-state index contributed by atoms with van der Waals surface area (Å²) in [6.45, 7) is 3.38. The van der Waals surface area contributed by atoms with Crippen LogP contribution in [0.4, 0.5) is 11.4 Å². The summed E-state index contributed by atoms with van der Waals surface area (Å²) in [5.41, 5.74) is 6.76. The largest absolute Gasteiger partial charge is 0.457 e. The second-order valence-electron chi connectivity index (χ2n) is 4.41. The molecule has 1 heterocycles. The lowest BCUT2D eigenvalue weighted by molar-refractivity contribution is -0.384. The number of ether oxygens (including phenoxy) is 1. The fourth-order valence-corrected chi connectivity index (χ4v) is 1.76. The van der Waals surface area contributed by atoms with Gasteiger partial charge in [0.1, 0.15) is 12.4 Å². The number of esters is 1. The molecular weight excluding hydrogens is 278 g/mol. The van der Waals surface area contributed by atoms with E-state index in [0.29, 0.717) is 17.0 Å². The van der Waals surface area contributed by atoms with Gasteiger partial charge >= 0.3 is 5.97 Å². The smallest absolute Gasteiger partial charge is 0.340 e. The van der Waals surface area contributed by atoms with E-state index in [1.54, 1.807) is 13.8 Å². The van der Waals surface area contributed by atoms with E-state index in [0.717, 1.165) is 6.07 Å². The van der Waals surface area contributed by atoms with E-state index in [2.05, 4.69) is 5.16 Å². The molecule has 0 aliphatic rings. The van der Waals surface area contributed by atoms with Crippen LogP contribution in [-0.4, -0.2) is 16.0 Å². The van der Waals surface area contributed by atoms with Crippen LogP contribution in [0.1, 0.15) is 27.4 Å². The van der Waals surface area contributed by atoms with Crippen molar-refractivity contribution >= 4 is 17.3 Å². The van der Waals surface area contributed by atoms with Gasteiger partial charge in [-0.3, -0.25) is 10.1 Å². The van der Waals surface area contributed by atoms with Crippen molar-refractivity contribution in [3.63, 3.8) is 0 Å². The first kappa shape index (κ1) is 14.5. The predicted octanol–water partition coefficient (Wildman–Crippen LogP) is 2.14. The molecule has 110 valence electrons. The monoisotopic (exact) mass is 291 g/mol. The Labute approximate surface area is 119 Å². The third kappa shape index (κ3) is 2.99. The van der Waals surface area contributed by atoms with Crippen molar-refractivity contribution in [2.75, 3.05) is 5.73 Å². The van der Waals surface area contributed by atoms with E-state index in [1.807, 2.05) is 0 Å². The minimum atomic E-state index is -0.740. The third-order valence-electron chi connectivity index (χ3n) is 3.00. The summed E-state index contributed by atoms with van der Waals surface area (Å²) in [5, 5.41) is 14.5. The molecular formula is C13H13N3O5. The lowest BCUT2D eigenvalue weighted by Gasteiger charge is -2.06. The molecule has 2 N–H and O–H groups in total.